The van der Waals surface area contributed by atoms with Crippen molar-refractivity contribution in [3.05, 3.63) is 34.9 Å². The van der Waals surface area contributed by atoms with E-state index in [-0.39, 0.29) is 0 Å². The molecule has 1 aliphatic rings. The van der Waals surface area contributed by atoms with Crippen LogP contribution >= 0.6 is 0 Å². The van der Waals surface area contributed by atoms with Gasteiger partial charge in [-0.2, -0.15) is 0 Å². The van der Waals surface area contributed by atoms with Gasteiger partial charge >= 0.3 is 0 Å². The van der Waals surface area contributed by atoms with Gasteiger partial charge in [-0.25, -0.2) is 0 Å². The van der Waals surface area contributed by atoms with E-state index in [0.717, 1.165) is 0 Å². The summed E-state index contributed by atoms with van der Waals surface area (Å²) in [5, 5.41) is 0. The minimum absolute atomic E-state index is 1.35. The van der Waals surface area contributed by atoms with Gasteiger partial charge in [0.15, 0.2) is 0 Å². The van der Waals surface area contributed by atoms with Crippen LogP contribution in [0.4, 0.5) is 0 Å². The molecule has 1 fully saturated rings. The van der Waals surface area contributed by atoms with E-state index in [4.69, 9.17) is 0 Å². The normalized spacial score (nSPS) is 15.4. The first-order valence-corrected chi connectivity index (χ1v) is 6.23. The van der Waals surface area contributed by atoms with Crippen molar-refractivity contribution in [2.24, 2.45) is 0 Å². The number of benzene rings is 1. The van der Waals surface area contributed by atoms with E-state index in [1.54, 1.807) is 0 Å². The highest BCUT2D eigenvalue weighted by atomic mass is 14.0. The molecule has 0 unspecified atom stereocenters. The second kappa shape index (κ2) is 6.66. The van der Waals surface area contributed by atoms with E-state index in [1.807, 2.05) is 0 Å². The maximum atomic E-state index is 2.19. The van der Waals surface area contributed by atoms with Crippen molar-refractivity contribution in [2.45, 2.75) is 59.3 Å². The summed E-state index contributed by atoms with van der Waals surface area (Å²) in [7, 11) is 0. The summed E-state index contributed by atoms with van der Waals surface area (Å²) in [5.74, 6) is 0. The average Bonchev–Trinajstić information content (AvgIpc) is 2.19. The molecule has 0 amide bonds. The fraction of sp³-hybridized carbons (Fsp3) is 0.600. The topological polar surface area (TPSA) is 0 Å². The molecule has 0 bridgehead atoms. The van der Waals surface area contributed by atoms with Crippen LogP contribution < -0.4 is 0 Å². The molecule has 0 heteroatoms. The van der Waals surface area contributed by atoms with Gasteiger partial charge < -0.3 is 0 Å². The Morgan fingerprint density at radius 1 is 0.533 bits per heavy atom. The largest absolute Gasteiger partial charge is 0.0564 e. The zero-order valence-electron chi connectivity index (χ0n) is 10.5. The smallest absolute Gasteiger partial charge is 0.0398 e. The zero-order valence-corrected chi connectivity index (χ0v) is 10.5. The third-order valence-corrected chi connectivity index (χ3v) is 2.87. The van der Waals surface area contributed by atoms with E-state index in [0.29, 0.717) is 0 Å². The standard InChI is InChI=1S/C9H12.C6H12/c1-7-4-8(2)6-9(3)5-7;1-2-4-6-5-3-1/h4-6H,1-3H3;1-6H2. The number of hydrogen-bond donors (Lipinski definition) is 0. The molecule has 15 heavy (non-hydrogen) atoms. The second-order valence-electron chi connectivity index (χ2n) is 4.79. The van der Waals surface area contributed by atoms with E-state index in [1.165, 1.54) is 55.2 Å². The first-order chi connectivity index (χ1) is 7.18. The first-order valence-electron chi connectivity index (χ1n) is 6.23. The summed E-state index contributed by atoms with van der Waals surface area (Å²) in [6.07, 6.45) is 9.00. The Morgan fingerprint density at radius 2 is 0.733 bits per heavy atom. The van der Waals surface area contributed by atoms with Crippen molar-refractivity contribution in [3.63, 3.8) is 0 Å². The minimum atomic E-state index is 1.35. The number of rotatable bonds is 0. The van der Waals surface area contributed by atoms with Crippen LogP contribution in [0.1, 0.15) is 55.2 Å². The Hall–Kier alpha value is -0.780. The highest BCUT2D eigenvalue weighted by Gasteiger charge is 1.95. The lowest BCUT2D eigenvalue weighted by Crippen LogP contribution is -1.85. The van der Waals surface area contributed by atoms with Crippen molar-refractivity contribution < 1.29 is 0 Å². The molecule has 0 N–H and O–H groups in total. The fourth-order valence-corrected chi connectivity index (χ4v) is 2.26. The molecule has 0 spiro atoms. The lowest BCUT2D eigenvalue weighted by molar-refractivity contribution is 0.504. The lowest BCUT2D eigenvalue weighted by Gasteiger charge is -2.05. The van der Waals surface area contributed by atoms with Crippen LogP contribution in [-0.4, -0.2) is 0 Å². The Kier molecular flexibility index (Phi) is 5.45. The van der Waals surface area contributed by atoms with E-state index >= 15 is 0 Å². The number of aryl methyl sites for hydroxylation is 3. The van der Waals surface area contributed by atoms with Gasteiger partial charge in [-0.3, -0.25) is 0 Å². The third kappa shape index (κ3) is 5.61. The molecule has 0 aromatic heterocycles. The molecule has 1 aromatic rings. The van der Waals surface area contributed by atoms with Gasteiger partial charge in [0, 0.05) is 0 Å². The van der Waals surface area contributed by atoms with Gasteiger partial charge in [-0.05, 0) is 20.8 Å². The Bertz CT molecular complexity index is 220. The lowest BCUT2D eigenvalue weighted by atomic mass is 10.0. The summed E-state index contributed by atoms with van der Waals surface area (Å²) >= 11 is 0. The predicted molar refractivity (Wildman–Crippen MR) is 68.4 cm³/mol. The monoisotopic (exact) mass is 204 g/mol. The third-order valence-electron chi connectivity index (χ3n) is 2.87. The fourth-order valence-electron chi connectivity index (χ4n) is 2.26. The highest BCUT2D eigenvalue weighted by molar-refractivity contribution is 5.27. The van der Waals surface area contributed by atoms with Crippen LogP contribution in [-0.2, 0) is 0 Å². The van der Waals surface area contributed by atoms with Gasteiger partial charge in [-0.15, -0.1) is 0 Å². The molecule has 0 radical (unpaired) electrons. The Balaban J connectivity index is 0.000000162. The van der Waals surface area contributed by atoms with Crippen LogP contribution in [0.15, 0.2) is 18.2 Å². The molecule has 1 aromatic carbocycles. The molecule has 0 saturated heterocycles. The van der Waals surface area contributed by atoms with Crippen LogP contribution in [0.2, 0.25) is 0 Å². The summed E-state index contributed by atoms with van der Waals surface area (Å²) < 4.78 is 0. The molecule has 2 rings (SSSR count). The van der Waals surface area contributed by atoms with Crippen LogP contribution in [0, 0.1) is 20.8 Å². The summed E-state index contributed by atoms with van der Waals surface area (Å²) in [6, 6.07) is 6.56. The minimum Gasteiger partial charge on any atom is -0.0564 e. The highest BCUT2D eigenvalue weighted by Crippen LogP contribution is 2.15. The molecule has 0 atom stereocenters. The molecule has 1 saturated carbocycles. The summed E-state index contributed by atoms with van der Waals surface area (Å²) in [5.41, 5.74) is 4.06. The van der Waals surface area contributed by atoms with Gasteiger partial charge in [0.1, 0.15) is 0 Å². The van der Waals surface area contributed by atoms with Crippen LogP contribution in [0.5, 0.6) is 0 Å². The SMILES string of the molecule is C1CCCCC1.Cc1cc(C)cc(C)c1. The van der Waals surface area contributed by atoms with E-state index in [9.17, 15) is 0 Å². The molecular formula is C15H24. The second-order valence-corrected chi connectivity index (χ2v) is 4.79. The molecule has 0 nitrogen and oxygen atoms in total. The van der Waals surface area contributed by atoms with Gasteiger partial charge in [0.25, 0.3) is 0 Å². The van der Waals surface area contributed by atoms with Gasteiger partial charge in [0.05, 0.1) is 0 Å². The number of hydrogen-bond acceptors (Lipinski definition) is 0. The molecule has 84 valence electrons. The van der Waals surface area contributed by atoms with Crippen molar-refractivity contribution in [1.29, 1.82) is 0 Å². The van der Waals surface area contributed by atoms with Crippen molar-refractivity contribution in [1.82, 2.24) is 0 Å². The van der Waals surface area contributed by atoms with E-state index in [2.05, 4.69) is 39.0 Å². The van der Waals surface area contributed by atoms with Crippen LogP contribution in [0.3, 0.4) is 0 Å². The molecule has 1 aliphatic carbocycles. The Labute approximate surface area is 94.7 Å². The zero-order chi connectivity index (χ0) is 11.1. The predicted octanol–water partition coefficient (Wildman–Crippen LogP) is 4.95. The average molecular weight is 204 g/mol. The van der Waals surface area contributed by atoms with Gasteiger partial charge in [-0.1, -0.05) is 73.4 Å². The quantitative estimate of drug-likeness (QED) is 0.560. The van der Waals surface area contributed by atoms with E-state index < -0.39 is 0 Å². The van der Waals surface area contributed by atoms with Crippen molar-refractivity contribution >= 4 is 0 Å². The van der Waals surface area contributed by atoms with Crippen molar-refractivity contribution in [3.8, 4) is 0 Å². The molecular weight excluding hydrogens is 180 g/mol. The maximum Gasteiger partial charge on any atom is -0.0398 e. The first kappa shape index (κ1) is 12.3. The van der Waals surface area contributed by atoms with Crippen LogP contribution in [0.25, 0.3) is 0 Å². The summed E-state index contributed by atoms with van der Waals surface area (Å²) in [6.45, 7) is 6.38. The molecule has 0 heterocycles. The maximum absolute atomic E-state index is 2.19. The van der Waals surface area contributed by atoms with Gasteiger partial charge in [0.2, 0.25) is 0 Å². The molecule has 0 aliphatic heterocycles. The summed E-state index contributed by atoms with van der Waals surface area (Å²) in [4.78, 5) is 0. The Morgan fingerprint density at radius 3 is 0.933 bits per heavy atom. The van der Waals surface area contributed by atoms with Crippen molar-refractivity contribution in [2.75, 3.05) is 0 Å².